The Morgan fingerprint density at radius 2 is 1.63 bits per heavy atom. The van der Waals surface area contributed by atoms with Gasteiger partial charge < -0.3 is 9.88 Å². The second-order valence-corrected chi connectivity index (χ2v) is 11.6. The number of sulfonamides is 1. The quantitative estimate of drug-likeness (QED) is 0.238. The number of aryl methyl sites for hydroxylation is 2. The van der Waals surface area contributed by atoms with E-state index in [1.54, 1.807) is 0 Å². The van der Waals surface area contributed by atoms with Crippen molar-refractivity contribution in [2.24, 2.45) is 0 Å². The van der Waals surface area contributed by atoms with Gasteiger partial charge in [0.2, 0.25) is 15.9 Å². The van der Waals surface area contributed by atoms with E-state index in [9.17, 15) is 13.2 Å². The average Bonchev–Trinajstić information content (AvgIpc) is 3.21. The molecular weight excluding hydrogens is 518 g/mol. The van der Waals surface area contributed by atoms with Crippen LogP contribution in [-0.4, -0.2) is 29.7 Å². The number of benzene rings is 4. The number of carbonyl (C=O) groups excluding carboxylic acids is 1. The van der Waals surface area contributed by atoms with Crippen LogP contribution in [0, 0.1) is 6.92 Å². The molecule has 0 unspecified atom stereocenters. The number of amides is 1. The molecule has 0 spiro atoms. The van der Waals surface area contributed by atoms with Gasteiger partial charge in [-0.25, -0.2) is 8.42 Å². The predicted octanol–water partition coefficient (Wildman–Crippen LogP) is 6.61. The second-order valence-electron chi connectivity index (χ2n) is 9.26. The number of rotatable bonds is 8. The average molecular weight is 546 g/mol. The number of aromatic nitrogens is 1. The van der Waals surface area contributed by atoms with E-state index >= 15 is 0 Å². The first-order valence-corrected chi connectivity index (χ1v) is 14.2. The maximum atomic E-state index is 13.6. The highest BCUT2D eigenvalue weighted by Gasteiger charge is 2.27. The van der Waals surface area contributed by atoms with Crippen molar-refractivity contribution < 1.29 is 13.2 Å². The van der Waals surface area contributed by atoms with Gasteiger partial charge >= 0.3 is 0 Å². The summed E-state index contributed by atoms with van der Waals surface area (Å²) in [6.07, 6.45) is 0. The minimum absolute atomic E-state index is 0.0586. The van der Waals surface area contributed by atoms with Crippen LogP contribution in [0.25, 0.3) is 21.8 Å². The van der Waals surface area contributed by atoms with Crippen LogP contribution in [-0.2, 0) is 27.9 Å². The SMILES string of the molecule is CCn1c2ccccc2c2cc(NC(=O)CN(Cc3cccc(C)c3)S(=O)(=O)c3ccc(Cl)cc3)ccc21. The van der Waals surface area contributed by atoms with Crippen LogP contribution in [0.5, 0.6) is 0 Å². The van der Waals surface area contributed by atoms with Gasteiger partial charge in [-0.1, -0.05) is 59.6 Å². The lowest BCUT2D eigenvalue weighted by Crippen LogP contribution is -2.37. The zero-order chi connectivity index (χ0) is 26.9. The number of anilines is 1. The van der Waals surface area contributed by atoms with Gasteiger partial charge in [-0.3, -0.25) is 4.79 Å². The van der Waals surface area contributed by atoms with E-state index in [-0.39, 0.29) is 18.0 Å². The summed E-state index contributed by atoms with van der Waals surface area (Å²) in [5.74, 6) is -0.422. The summed E-state index contributed by atoms with van der Waals surface area (Å²) in [6, 6.07) is 27.5. The van der Waals surface area contributed by atoms with Crippen molar-refractivity contribution in [2.75, 3.05) is 11.9 Å². The molecule has 194 valence electrons. The fourth-order valence-electron chi connectivity index (χ4n) is 4.83. The van der Waals surface area contributed by atoms with Crippen LogP contribution in [0.2, 0.25) is 5.02 Å². The van der Waals surface area contributed by atoms with Crippen molar-refractivity contribution in [2.45, 2.75) is 31.8 Å². The number of nitrogens with zero attached hydrogens (tertiary/aromatic N) is 2. The van der Waals surface area contributed by atoms with E-state index in [1.165, 1.54) is 28.6 Å². The minimum atomic E-state index is -3.97. The van der Waals surface area contributed by atoms with Crippen LogP contribution >= 0.6 is 11.6 Å². The first-order chi connectivity index (χ1) is 18.3. The molecule has 5 aromatic rings. The number of nitrogens with one attached hydrogen (secondary N) is 1. The standard InChI is InChI=1S/C30H28ClN3O3S/c1-3-34-28-10-5-4-9-26(28)27-18-24(13-16-29(27)34)32-30(35)20-33(19-22-8-6-7-21(2)17-22)38(36,37)25-14-11-23(31)12-15-25/h4-18H,3,19-20H2,1-2H3,(H,32,35). The van der Waals surface area contributed by atoms with Crippen LogP contribution in [0.4, 0.5) is 5.69 Å². The van der Waals surface area contributed by atoms with Crippen molar-refractivity contribution in [3.05, 3.63) is 107 Å². The van der Waals surface area contributed by atoms with Crippen LogP contribution in [0.3, 0.4) is 0 Å². The van der Waals surface area contributed by atoms with E-state index < -0.39 is 15.9 Å². The summed E-state index contributed by atoms with van der Waals surface area (Å²) in [5, 5.41) is 5.48. The summed E-state index contributed by atoms with van der Waals surface area (Å²) in [7, 11) is -3.97. The molecule has 0 saturated carbocycles. The summed E-state index contributed by atoms with van der Waals surface area (Å²) >= 11 is 5.98. The maximum Gasteiger partial charge on any atom is 0.243 e. The molecule has 0 fully saturated rings. The van der Waals surface area contributed by atoms with Crippen molar-refractivity contribution in [1.29, 1.82) is 0 Å². The summed E-state index contributed by atoms with van der Waals surface area (Å²) in [6.45, 7) is 4.59. The molecule has 1 N–H and O–H groups in total. The second kappa shape index (κ2) is 10.6. The third-order valence-corrected chi connectivity index (χ3v) is 8.64. The molecule has 6 nitrogen and oxygen atoms in total. The molecule has 0 aliphatic carbocycles. The highest BCUT2D eigenvalue weighted by molar-refractivity contribution is 7.89. The largest absolute Gasteiger partial charge is 0.341 e. The lowest BCUT2D eigenvalue weighted by molar-refractivity contribution is -0.116. The molecule has 0 bridgehead atoms. The number of carbonyl (C=O) groups is 1. The highest BCUT2D eigenvalue weighted by atomic mass is 35.5. The Morgan fingerprint density at radius 3 is 2.37 bits per heavy atom. The summed E-state index contributed by atoms with van der Waals surface area (Å²) < 4.78 is 30.6. The number of para-hydroxylation sites is 1. The van der Waals surface area contributed by atoms with Crippen molar-refractivity contribution >= 4 is 55.0 Å². The normalized spacial score (nSPS) is 11.9. The molecule has 1 heterocycles. The lowest BCUT2D eigenvalue weighted by Gasteiger charge is -2.22. The molecule has 0 atom stereocenters. The smallest absolute Gasteiger partial charge is 0.243 e. The third kappa shape index (κ3) is 5.18. The van der Waals surface area contributed by atoms with Crippen molar-refractivity contribution in [3.63, 3.8) is 0 Å². The fraction of sp³-hybridized carbons (Fsp3) is 0.167. The molecule has 1 aromatic heterocycles. The highest BCUT2D eigenvalue weighted by Crippen LogP contribution is 2.31. The van der Waals surface area contributed by atoms with Gasteiger partial charge in [0.05, 0.1) is 11.4 Å². The zero-order valence-corrected chi connectivity index (χ0v) is 22.8. The summed E-state index contributed by atoms with van der Waals surface area (Å²) in [4.78, 5) is 13.3. The van der Waals surface area contributed by atoms with E-state index in [2.05, 4.69) is 28.9 Å². The van der Waals surface area contributed by atoms with Gasteiger partial charge in [-0.05, 0) is 67.9 Å². The molecular formula is C30H28ClN3O3S. The Labute approximate surface area is 227 Å². The van der Waals surface area contributed by atoms with Gasteiger partial charge in [0.15, 0.2) is 0 Å². The van der Waals surface area contributed by atoms with Gasteiger partial charge in [-0.15, -0.1) is 0 Å². The number of halogens is 1. The molecule has 0 aliphatic heterocycles. The molecule has 5 rings (SSSR count). The van der Waals surface area contributed by atoms with E-state index in [0.29, 0.717) is 10.7 Å². The number of fused-ring (bicyclic) bond motifs is 3. The Kier molecular flexibility index (Phi) is 7.25. The first-order valence-electron chi connectivity index (χ1n) is 12.4. The van der Waals surface area contributed by atoms with Gasteiger partial charge in [0, 0.05) is 45.6 Å². The summed E-state index contributed by atoms with van der Waals surface area (Å²) in [5.41, 5.74) is 4.63. The third-order valence-electron chi connectivity index (χ3n) is 6.59. The number of hydrogen-bond donors (Lipinski definition) is 1. The topological polar surface area (TPSA) is 71.4 Å². The Bertz CT molecular complexity index is 1740. The molecule has 0 aliphatic rings. The maximum absolute atomic E-state index is 13.6. The van der Waals surface area contributed by atoms with Gasteiger partial charge in [0.25, 0.3) is 0 Å². The van der Waals surface area contributed by atoms with Crippen LogP contribution < -0.4 is 5.32 Å². The zero-order valence-electron chi connectivity index (χ0n) is 21.2. The molecule has 38 heavy (non-hydrogen) atoms. The Hall–Kier alpha value is -3.65. The van der Waals surface area contributed by atoms with Crippen LogP contribution in [0.1, 0.15) is 18.1 Å². The van der Waals surface area contributed by atoms with Gasteiger partial charge in [-0.2, -0.15) is 4.31 Å². The first kappa shape index (κ1) is 26.0. The molecule has 8 heteroatoms. The Balaban J connectivity index is 1.44. The molecule has 1 amide bonds. The molecule has 4 aromatic carbocycles. The van der Waals surface area contributed by atoms with Gasteiger partial charge in [0.1, 0.15) is 0 Å². The van der Waals surface area contributed by atoms with Crippen LogP contribution in [0.15, 0.2) is 95.9 Å². The molecule has 0 radical (unpaired) electrons. The predicted molar refractivity (Wildman–Crippen MR) is 154 cm³/mol. The van der Waals surface area contributed by atoms with E-state index in [4.69, 9.17) is 11.6 Å². The lowest BCUT2D eigenvalue weighted by atomic mass is 10.1. The monoisotopic (exact) mass is 545 g/mol. The van der Waals surface area contributed by atoms with E-state index in [1.807, 2.05) is 61.5 Å². The van der Waals surface area contributed by atoms with E-state index in [0.717, 1.165) is 39.5 Å². The molecule has 0 saturated heterocycles. The number of hydrogen-bond acceptors (Lipinski definition) is 3. The van der Waals surface area contributed by atoms with Crippen molar-refractivity contribution in [3.8, 4) is 0 Å². The Morgan fingerprint density at radius 1 is 0.895 bits per heavy atom. The minimum Gasteiger partial charge on any atom is -0.341 e. The fourth-order valence-corrected chi connectivity index (χ4v) is 6.34. The van der Waals surface area contributed by atoms with Crippen molar-refractivity contribution in [1.82, 2.24) is 8.87 Å².